The first kappa shape index (κ1) is 19.0. The van der Waals surface area contributed by atoms with Crippen molar-refractivity contribution in [2.24, 2.45) is 0 Å². The molecule has 5 nitrogen and oxygen atoms in total. The van der Waals surface area contributed by atoms with Crippen molar-refractivity contribution in [2.45, 2.75) is 25.0 Å². The van der Waals surface area contributed by atoms with Crippen LogP contribution >= 0.6 is 11.6 Å². The molecule has 0 saturated carbocycles. The van der Waals surface area contributed by atoms with Gasteiger partial charge in [-0.25, -0.2) is 4.39 Å². The van der Waals surface area contributed by atoms with Crippen molar-refractivity contribution < 1.29 is 18.7 Å². The Labute approximate surface area is 168 Å². The molecule has 0 aromatic heterocycles. The maximum atomic E-state index is 13.1. The van der Waals surface area contributed by atoms with E-state index >= 15 is 0 Å². The molecular formula is C21H22ClFN2O3. The Balaban J connectivity index is 1.34. The van der Waals surface area contributed by atoms with E-state index in [9.17, 15) is 9.18 Å². The van der Waals surface area contributed by atoms with Crippen LogP contribution in [0.2, 0.25) is 5.02 Å². The van der Waals surface area contributed by atoms with E-state index in [1.54, 1.807) is 35.2 Å². The minimum atomic E-state index is -0.567. The number of amides is 1. The number of nitrogens with one attached hydrogen (secondary N) is 1. The highest BCUT2D eigenvalue weighted by Crippen LogP contribution is 2.32. The van der Waals surface area contributed by atoms with Crippen molar-refractivity contribution >= 4 is 23.2 Å². The molecule has 7 heteroatoms. The Morgan fingerprint density at radius 3 is 2.86 bits per heavy atom. The summed E-state index contributed by atoms with van der Waals surface area (Å²) in [6, 6.07) is 11.8. The fraction of sp³-hybridized carbons (Fsp3) is 0.381. The number of anilines is 1. The molecule has 4 rings (SSSR count). The minimum Gasteiger partial charge on any atom is -0.477 e. The summed E-state index contributed by atoms with van der Waals surface area (Å²) in [5.41, 5.74) is 1.83. The third kappa shape index (κ3) is 4.39. The lowest BCUT2D eigenvalue weighted by atomic mass is 10.1. The van der Waals surface area contributed by atoms with Gasteiger partial charge in [-0.05, 0) is 48.7 Å². The number of benzene rings is 2. The van der Waals surface area contributed by atoms with E-state index in [0.29, 0.717) is 43.4 Å². The third-order valence-electron chi connectivity index (χ3n) is 5.09. The van der Waals surface area contributed by atoms with Crippen LogP contribution in [0.15, 0.2) is 42.5 Å². The second-order valence-electron chi connectivity index (χ2n) is 7.07. The summed E-state index contributed by atoms with van der Waals surface area (Å²) >= 11 is 5.99. The summed E-state index contributed by atoms with van der Waals surface area (Å²) in [6.07, 6.45) is 0.881. The van der Waals surface area contributed by atoms with E-state index in [0.717, 1.165) is 17.7 Å². The lowest BCUT2D eigenvalue weighted by Crippen LogP contribution is -2.47. The summed E-state index contributed by atoms with van der Waals surface area (Å²) in [7, 11) is 0. The number of nitrogens with zero attached hydrogens (tertiary/aromatic N) is 1. The Hall–Kier alpha value is -2.31. The number of hydrogen-bond acceptors (Lipinski definition) is 4. The predicted molar refractivity (Wildman–Crippen MR) is 105 cm³/mol. The Kier molecular flexibility index (Phi) is 5.69. The quantitative estimate of drug-likeness (QED) is 0.850. The van der Waals surface area contributed by atoms with Gasteiger partial charge in [0.1, 0.15) is 11.6 Å². The Morgan fingerprint density at radius 1 is 1.21 bits per heavy atom. The maximum absolute atomic E-state index is 13.1. The van der Waals surface area contributed by atoms with Gasteiger partial charge in [-0.1, -0.05) is 23.7 Å². The number of hydrogen-bond donors (Lipinski definition) is 1. The molecular weight excluding hydrogens is 383 g/mol. The van der Waals surface area contributed by atoms with E-state index in [1.807, 2.05) is 0 Å². The van der Waals surface area contributed by atoms with Crippen LogP contribution in [0, 0.1) is 5.82 Å². The number of halogens is 2. The van der Waals surface area contributed by atoms with E-state index in [4.69, 9.17) is 21.1 Å². The van der Waals surface area contributed by atoms with E-state index in [1.165, 1.54) is 12.1 Å². The van der Waals surface area contributed by atoms with Gasteiger partial charge in [0.2, 0.25) is 0 Å². The molecule has 2 unspecified atom stereocenters. The molecule has 148 valence electrons. The third-order valence-corrected chi connectivity index (χ3v) is 5.32. The molecule has 1 amide bonds. The molecule has 2 atom stereocenters. The molecule has 1 saturated heterocycles. The first-order valence-corrected chi connectivity index (χ1v) is 9.81. The van der Waals surface area contributed by atoms with Gasteiger partial charge < -0.3 is 19.7 Å². The number of rotatable bonds is 3. The van der Waals surface area contributed by atoms with Crippen molar-refractivity contribution in [1.82, 2.24) is 4.90 Å². The number of ether oxygens (including phenoxy) is 2. The fourth-order valence-electron chi connectivity index (χ4n) is 3.57. The van der Waals surface area contributed by atoms with Gasteiger partial charge in [0, 0.05) is 18.1 Å². The Morgan fingerprint density at radius 2 is 2.04 bits per heavy atom. The van der Waals surface area contributed by atoms with Gasteiger partial charge in [-0.3, -0.25) is 4.79 Å². The molecule has 1 N–H and O–H groups in total. The predicted octanol–water partition coefficient (Wildman–Crippen LogP) is 3.51. The van der Waals surface area contributed by atoms with E-state index < -0.39 is 6.10 Å². The molecule has 0 aliphatic carbocycles. The Bertz CT molecular complexity index is 846. The van der Waals surface area contributed by atoms with Crippen LogP contribution in [-0.4, -0.2) is 49.3 Å². The molecule has 2 aliphatic heterocycles. The van der Waals surface area contributed by atoms with Crippen LogP contribution in [0.3, 0.4) is 0 Å². The topological polar surface area (TPSA) is 50.8 Å². The normalized spacial score (nSPS) is 21.9. The first-order chi connectivity index (χ1) is 13.6. The average Bonchev–Trinajstić information content (AvgIpc) is 2.94. The van der Waals surface area contributed by atoms with Crippen LogP contribution in [0.4, 0.5) is 10.1 Å². The summed E-state index contributed by atoms with van der Waals surface area (Å²) in [6.45, 7) is 2.02. The molecule has 2 aliphatic rings. The lowest BCUT2D eigenvalue weighted by Gasteiger charge is -2.30. The molecule has 2 heterocycles. The molecule has 2 aromatic carbocycles. The van der Waals surface area contributed by atoms with Gasteiger partial charge >= 0.3 is 0 Å². The summed E-state index contributed by atoms with van der Waals surface area (Å²) in [5.74, 6) is 0.348. The maximum Gasteiger partial charge on any atom is 0.265 e. The monoisotopic (exact) mass is 404 g/mol. The highest BCUT2D eigenvalue weighted by atomic mass is 35.5. The van der Waals surface area contributed by atoms with Crippen molar-refractivity contribution in [2.75, 3.05) is 31.6 Å². The number of fused-ring (bicyclic) bond motifs is 1. The molecule has 0 spiro atoms. The van der Waals surface area contributed by atoms with Gasteiger partial charge in [-0.2, -0.15) is 0 Å². The van der Waals surface area contributed by atoms with Gasteiger partial charge in [-0.15, -0.1) is 0 Å². The summed E-state index contributed by atoms with van der Waals surface area (Å²) < 4.78 is 24.9. The van der Waals surface area contributed by atoms with Crippen LogP contribution in [0.25, 0.3) is 0 Å². The van der Waals surface area contributed by atoms with Crippen LogP contribution in [0.1, 0.15) is 12.0 Å². The van der Waals surface area contributed by atoms with E-state index in [2.05, 4.69) is 5.32 Å². The average molecular weight is 405 g/mol. The summed E-state index contributed by atoms with van der Waals surface area (Å²) in [5, 5.41) is 3.84. The van der Waals surface area contributed by atoms with Gasteiger partial charge in [0.25, 0.3) is 5.91 Å². The second kappa shape index (κ2) is 8.37. The molecule has 2 aromatic rings. The number of carbonyl (C=O) groups excluding carboxylic acids is 1. The molecule has 0 bridgehead atoms. The van der Waals surface area contributed by atoms with Gasteiger partial charge in [0.05, 0.1) is 24.9 Å². The molecule has 0 radical (unpaired) electrons. The molecule has 28 heavy (non-hydrogen) atoms. The zero-order valence-corrected chi connectivity index (χ0v) is 16.1. The standard InChI is InChI=1S/C21H22ClFN2O3/c22-15-3-6-19-18(12-15)24-13-20(28-19)21(26)25-8-7-17(27-10-9-25)11-14-1-4-16(23)5-2-14/h1-6,12,17,20,24H,7-11,13H2. The van der Waals surface area contributed by atoms with E-state index in [-0.39, 0.29) is 17.8 Å². The zero-order valence-electron chi connectivity index (χ0n) is 15.4. The summed E-state index contributed by atoms with van der Waals surface area (Å²) in [4.78, 5) is 14.7. The SMILES string of the molecule is O=C(C1CNc2cc(Cl)ccc2O1)N1CCOC(Cc2ccc(F)cc2)CC1. The van der Waals surface area contributed by atoms with Crippen LogP contribution in [0.5, 0.6) is 5.75 Å². The highest BCUT2D eigenvalue weighted by Gasteiger charge is 2.31. The largest absolute Gasteiger partial charge is 0.477 e. The van der Waals surface area contributed by atoms with Crippen LogP contribution in [-0.2, 0) is 16.0 Å². The van der Waals surface area contributed by atoms with Crippen LogP contribution < -0.4 is 10.1 Å². The molecule has 1 fully saturated rings. The zero-order chi connectivity index (χ0) is 19.5. The second-order valence-corrected chi connectivity index (χ2v) is 7.50. The lowest BCUT2D eigenvalue weighted by molar-refractivity contribution is -0.138. The number of carbonyl (C=O) groups is 1. The smallest absolute Gasteiger partial charge is 0.265 e. The minimum absolute atomic E-state index is 0.0107. The fourth-order valence-corrected chi connectivity index (χ4v) is 3.74. The van der Waals surface area contributed by atoms with Crippen molar-refractivity contribution in [3.8, 4) is 5.75 Å². The van der Waals surface area contributed by atoms with Crippen molar-refractivity contribution in [3.63, 3.8) is 0 Å². The van der Waals surface area contributed by atoms with Gasteiger partial charge in [0.15, 0.2) is 6.10 Å². The van der Waals surface area contributed by atoms with Crippen molar-refractivity contribution in [3.05, 3.63) is 58.9 Å². The highest BCUT2D eigenvalue weighted by molar-refractivity contribution is 6.30. The first-order valence-electron chi connectivity index (χ1n) is 9.43. The van der Waals surface area contributed by atoms with Crippen molar-refractivity contribution in [1.29, 1.82) is 0 Å².